The molecule has 0 amide bonds. The molecule has 3 aromatic heterocycles. The number of hydrogen-bond acceptors (Lipinski definition) is 8. The fourth-order valence-corrected chi connectivity index (χ4v) is 2.80. The predicted octanol–water partition coefficient (Wildman–Crippen LogP) is 2.05. The Labute approximate surface area is 158 Å². The van der Waals surface area contributed by atoms with Gasteiger partial charge in [0.2, 0.25) is 0 Å². The van der Waals surface area contributed by atoms with E-state index in [1.54, 1.807) is 26.4 Å². The number of ether oxygens (including phenoxy) is 2. The molecule has 0 saturated heterocycles. The van der Waals surface area contributed by atoms with Crippen molar-refractivity contribution in [2.75, 3.05) is 14.2 Å². The highest BCUT2D eigenvalue weighted by Gasteiger charge is 2.18. The maximum absolute atomic E-state index is 6.22. The monoisotopic (exact) mass is 386 g/mol. The smallest absolute Gasteiger partial charge is 0.291 e. The molecule has 0 aliphatic carbocycles. The molecule has 0 saturated carbocycles. The summed E-state index contributed by atoms with van der Waals surface area (Å²) in [6, 6.07) is 5.41. The third-order valence-electron chi connectivity index (χ3n) is 4.08. The fourth-order valence-electron chi connectivity index (χ4n) is 2.68. The van der Waals surface area contributed by atoms with E-state index in [1.807, 2.05) is 19.9 Å². The minimum absolute atomic E-state index is 0.260. The number of nitrogens with zero attached hydrogens (tertiary/aromatic N) is 8. The first-order valence-electron chi connectivity index (χ1n) is 7.94. The van der Waals surface area contributed by atoms with Gasteiger partial charge < -0.3 is 9.47 Å². The number of hydrogen-bond donors (Lipinski definition) is 0. The minimum Gasteiger partial charge on any atom is -0.493 e. The normalized spacial score (nSPS) is 11.1. The van der Waals surface area contributed by atoms with Crippen LogP contribution in [0.2, 0.25) is 5.02 Å². The van der Waals surface area contributed by atoms with Gasteiger partial charge in [-0.25, -0.2) is 0 Å². The first-order valence-corrected chi connectivity index (χ1v) is 8.32. The maximum atomic E-state index is 6.22. The number of rotatable bonds is 4. The van der Waals surface area contributed by atoms with E-state index in [-0.39, 0.29) is 11.7 Å². The Morgan fingerprint density at radius 3 is 2.33 bits per heavy atom. The number of methoxy groups -OCH3 is 2. The van der Waals surface area contributed by atoms with Crippen LogP contribution in [0, 0.1) is 13.8 Å². The van der Waals surface area contributed by atoms with Crippen LogP contribution in [0.5, 0.6) is 11.5 Å². The van der Waals surface area contributed by atoms with Crippen molar-refractivity contribution in [1.82, 2.24) is 39.8 Å². The molecule has 0 spiro atoms. The molecular formula is C16H15ClN8O2. The summed E-state index contributed by atoms with van der Waals surface area (Å²) in [5.74, 6) is 2.18. The summed E-state index contributed by atoms with van der Waals surface area (Å²) in [6.45, 7) is 3.64. The third kappa shape index (κ3) is 2.74. The molecule has 0 aliphatic heterocycles. The van der Waals surface area contributed by atoms with Crippen molar-refractivity contribution in [2.24, 2.45) is 0 Å². The summed E-state index contributed by atoms with van der Waals surface area (Å²) in [7, 11) is 3.14. The topological polar surface area (TPSA) is 105 Å². The molecule has 11 heteroatoms. The Morgan fingerprint density at radius 2 is 1.67 bits per heavy atom. The highest BCUT2D eigenvalue weighted by atomic mass is 35.5. The molecule has 138 valence electrons. The zero-order chi connectivity index (χ0) is 19.1. The molecule has 0 bridgehead atoms. The van der Waals surface area contributed by atoms with Gasteiger partial charge in [0.05, 0.1) is 30.6 Å². The molecule has 10 nitrogen and oxygen atoms in total. The minimum atomic E-state index is 0.260. The molecule has 3 heterocycles. The van der Waals surface area contributed by atoms with Gasteiger partial charge in [-0.15, -0.1) is 25.5 Å². The zero-order valence-electron chi connectivity index (χ0n) is 15.0. The summed E-state index contributed by atoms with van der Waals surface area (Å²) in [5.41, 5.74) is 2.13. The highest BCUT2D eigenvalue weighted by Crippen LogP contribution is 2.31. The van der Waals surface area contributed by atoms with E-state index < -0.39 is 0 Å². The molecule has 0 aliphatic rings. The van der Waals surface area contributed by atoms with Crippen molar-refractivity contribution in [1.29, 1.82) is 0 Å². The van der Waals surface area contributed by atoms with Gasteiger partial charge >= 0.3 is 0 Å². The lowest BCUT2D eigenvalue weighted by Gasteiger charge is -2.08. The van der Waals surface area contributed by atoms with E-state index >= 15 is 0 Å². The van der Waals surface area contributed by atoms with Crippen molar-refractivity contribution in [3.8, 4) is 28.8 Å². The van der Waals surface area contributed by atoms with Crippen molar-refractivity contribution < 1.29 is 9.47 Å². The highest BCUT2D eigenvalue weighted by molar-refractivity contribution is 6.31. The number of aromatic nitrogens is 8. The predicted molar refractivity (Wildman–Crippen MR) is 96.5 cm³/mol. The van der Waals surface area contributed by atoms with E-state index in [0.717, 1.165) is 11.3 Å². The maximum Gasteiger partial charge on any atom is 0.291 e. The van der Waals surface area contributed by atoms with Crippen molar-refractivity contribution in [2.45, 2.75) is 13.8 Å². The van der Waals surface area contributed by atoms with E-state index in [2.05, 4.69) is 30.6 Å². The van der Waals surface area contributed by atoms with Crippen molar-refractivity contribution in [3.05, 3.63) is 34.6 Å². The van der Waals surface area contributed by atoms with Crippen LogP contribution in [-0.4, -0.2) is 54.0 Å². The van der Waals surface area contributed by atoms with Gasteiger partial charge in [-0.1, -0.05) is 11.6 Å². The summed E-state index contributed by atoms with van der Waals surface area (Å²) in [6.07, 6.45) is 0. The van der Waals surface area contributed by atoms with Gasteiger partial charge in [0, 0.05) is 5.56 Å². The molecule has 4 aromatic rings. The molecule has 27 heavy (non-hydrogen) atoms. The van der Waals surface area contributed by atoms with E-state index in [4.69, 9.17) is 21.1 Å². The van der Waals surface area contributed by atoms with Crippen LogP contribution in [0.4, 0.5) is 0 Å². The molecule has 1 aromatic carbocycles. The Hall–Kier alpha value is -3.27. The Kier molecular flexibility index (Phi) is 4.11. The SMILES string of the molecule is COc1ccc(-c2nnc3nnc(-n4nc(C)c(Cl)c4C)nn23)cc1OC. The van der Waals surface area contributed by atoms with Crippen molar-refractivity contribution >= 4 is 17.4 Å². The van der Waals surface area contributed by atoms with Crippen molar-refractivity contribution in [3.63, 3.8) is 0 Å². The Morgan fingerprint density at radius 1 is 0.926 bits per heavy atom. The van der Waals surface area contributed by atoms with Crippen LogP contribution in [0.1, 0.15) is 11.4 Å². The molecule has 0 fully saturated rings. The number of aryl methyl sites for hydroxylation is 1. The lowest BCUT2D eigenvalue weighted by molar-refractivity contribution is 0.355. The quantitative estimate of drug-likeness (QED) is 0.524. The fraction of sp³-hybridized carbons (Fsp3) is 0.250. The first kappa shape index (κ1) is 17.2. The summed E-state index contributed by atoms with van der Waals surface area (Å²) in [5, 5.41) is 25.7. The van der Waals surface area contributed by atoms with Gasteiger partial charge in [0.25, 0.3) is 11.7 Å². The number of fused-ring (bicyclic) bond motifs is 1. The second kappa shape index (κ2) is 6.47. The van der Waals surface area contributed by atoms with Crippen LogP contribution in [0.25, 0.3) is 23.1 Å². The Balaban J connectivity index is 1.87. The van der Waals surface area contributed by atoms with Gasteiger partial charge in [-0.05, 0) is 32.0 Å². The van der Waals surface area contributed by atoms with E-state index in [1.165, 1.54) is 9.20 Å². The second-order valence-electron chi connectivity index (χ2n) is 5.70. The molecule has 0 atom stereocenters. The van der Waals surface area contributed by atoms with Crippen LogP contribution < -0.4 is 9.47 Å². The van der Waals surface area contributed by atoms with Gasteiger partial charge in [0.1, 0.15) is 0 Å². The first-order chi connectivity index (χ1) is 13.0. The van der Waals surface area contributed by atoms with Gasteiger partial charge in [-0.3, -0.25) is 0 Å². The summed E-state index contributed by atoms with van der Waals surface area (Å²) < 4.78 is 13.6. The molecule has 0 unspecified atom stereocenters. The second-order valence-corrected chi connectivity index (χ2v) is 6.08. The largest absolute Gasteiger partial charge is 0.493 e. The van der Waals surface area contributed by atoms with Crippen LogP contribution >= 0.6 is 11.6 Å². The third-order valence-corrected chi connectivity index (χ3v) is 4.62. The lowest BCUT2D eigenvalue weighted by Crippen LogP contribution is -2.11. The van der Waals surface area contributed by atoms with Gasteiger partial charge in [0.15, 0.2) is 17.3 Å². The standard InChI is InChI=1S/C16H15ClN8O2/c1-8-13(17)9(2)24(22-8)16-21-20-15-19-18-14(25(15)23-16)10-5-6-11(26-3)12(7-10)27-4/h5-7H,1-4H3. The van der Waals surface area contributed by atoms with E-state index in [0.29, 0.717) is 28.0 Å². The van der Waals surface area contributed by atoms with Gasteiger partial charge in [-0.2, -0.15) is 14.3 Å². The lowest BCUT2D eigenvalue weighted by atomic mass is 10.2. The number of benzene rings is 1. The molecule has 4 rings (SSSR count). The van der Waals surface area contributed by atoms with Crippen LogP contribution in [0.15, 0.2) is 18.2 Å². The van der Waals surface area contributed by atoms with Crippen LogP contribution in [-0.2, 0) is 0 Å². The average Bonchev–Trinajstić information content (AvgIpc) is 3.23. The summed E-state index contributed by atoms with van der Waals surface area (Å²) >= 11 is 6.22. The molecule has 0 radical (unpaired) electrons. The number of halogens is 1. The average molecular weight is 387 g/mol. The Bertz CT molecular complexity index is 1150. The van der Waals surface area contributed by atoms with E-state index in [9.17, 15) is 0 Å². The zero-order valence-corrected chi connectivity index (χ0v) is 15.8. The molecular weight excluding hydrogens is 372 g/mol. The van der Waals surface area contributed by atoms with Crippen LogP contribution in [0.3, 0.4) is 0 Å². The summed E-state index contributed by atoms with van der Waals surface area (Å²) in [4.78, 5) is 0. The molecule has 0 N–H and O–H groups in total.